The predicted molar refractivity (Wildman–Crippen MR) is 141 cm³/mol. The lowest BCUT2D eigenvalue weighted by atomic mass is 10.0. The van der Waals surface area contributed by atoms with Gasteiger partial charge in [0, 0.05) is 35.6 Å². The minimum absolute atomic E-state index is 0.212. The van der Waals surface area contributed by atoms with Crippen molar-refractivity contribution in [3.05, 3.63) is 83.9 Å². The molecule has 2 amide bonds. The number of nitrogens with zero attached hydrogens (tertiary/aromatic N) is 1. The first-order valence-corrected chi connectivity index (χ1v) is 12.2. The maximum absolute atomic E-state index is 13.0. The van der Waals surface area contributed by atoms with Gasteiger partial charge in [-0.1, -0.05) is 55.5 Å². The normalized spacial score (nSPS) is 14.7. The van der Waals surface area contributed by atoms with E-state index < -0.39 is 6.23 Å². The number of morpholine rings is 1. The lowest BCUT2D eigenvalue weighted by Crippen LogP contribution is -2.41. The fourth-order valence-electron chi connectivity index (χ4n) is 4.08. The van der Waals surface area contributed by atoms with E-state index in [0.29, 0.717) is 55.3 Å². The van der Waals surface area contributed by atoms with Crippen LogP contribution in [-0.4, -0.2) is 61.2 Å². The standard InChI is InChI=1S/C28H32N4O4/c1-2-29-28(35)24-13-10-22(18-25(24)31-26(33)19-32-14-16-36-17-15-32)27(34)30-23-11-8-21(9-12-23)20-6-4-3-5-7-20/h3-13,18,28-29,35H,2,14-17,19H2,1H3,(H,30,34)(H,31,33). The van der Waals surface area contributed by atoms with E-state index in [0.717, 1.165) is 11.1 Å². The highest BCUT2D eigenvalue weighted by atomic mass is 16.5. The summed E-state index contributed by atoms with van der Waals surface area (Å²) in [5.74, 6) is -0.522. The molecule has 0 saturated carbocycles. The molecule has 3 aromatic carbocycles. The van der Waals surface area contributed by atoms with E-state index in [2.05, 4.69) is 16.0 Å². The van der Waals surface area contributed by atoms with Crippen molar-refractivity contribution in [1.29, 1.82) is 0 Å². The number of aliphatic hydroxyl groups is 1. The predicted octanol–water partition coefficient (Wildman–Crippen LogP) is 3.48. The minimum atomic E-state index is -0.976. The number of carbonyl (C=O) groups is 2. The van der Waals surface area contributed by atoms with Crippen molar-refractivity contribution in [3.63, 3.8) is 0 Å². The molecule has 4 N–H and O–H groups in total. The molecular weight excluding hydrogens is 456 g/mol. The van der Waals surface area contributed by atoms with Crippen molar-refractivity contribution >= 4 is 23.2 Å². The Morgan fingerprint density at radius 3 is 2.33 bits per heavy atom. The zero-order valence-corrected chi connectivity index (χ0v) is 20.4. The van der Waals surface area contributed by atoms with Crippen molar-refractivity contribution in [2.75, 3.05) is 50.0 Å². The van der Waals surface area contributed by atoms with Gasteiger partial charge in [0.15, 0.2) is 0 Å². The maximum atomic E-state index is 13.0. The Bertz CT molecular complexity index is 1160. The molecule has 1 saturated heterocycles. The number of aliphatic hydroxyl groups excluding tert-OH is 1. The van der Waals surface area contributed by atoms with Gasteiger partial charge in [-0.25, -0.2) is 0 Å². The van der Waals surface area contributed by atoms with Crippen LogP contribution in [0.4, 0.5) is 11.4 Å². The lowest BCUT2D eigenvalue weighted by molar-refractivity contribution is -0.118. The first kappa shape index (κ1) is 25.5. The van der Waals surface area contributed by atoms with Crippen molar-refractivity contribution in [2.24, 2.45) is 0 Å². The zero-order chi connectivity index (χ0) is 25.3. The summed E-state index contributed by atoms with van der Waals surface area (Å²) in [4.78, 5) is 27.8. The van der Waals surface area contributed by atoms with Gasteiger partial charge in [0.1, 0.15) is 6.23 Å². The fraction of sp³-hybridized carbons (Fsp3) is 0.286. The number of nitrogens with one attached hydrogen (secondary N) is 3. The molecule has 8 heteroatoms. The average molecular weight is 489 g/mol. The third-order valence-corrected chi connectivity index (χ3v) is 6.00. The van der Waals surface area contributed by atoms with Crippen LogP contribution in [0.2, 0.25) is 0 Å². The zero-order valence-electron chi connectivity index (χ0n) is 20.4. The second-order valence-electron chi connectivity index (χ2n) is 8.60. The Kier molecular flexibility index (Phi) is 8.80. The molecule has 1 fully saturated rings. The molecule has 0 spiro atoms. The molecule has 0 radical (unpaired) electrons. The number of hydrogen-bond acceptors (Lipinski definition) is 6. The highest BCUT2D eigenvalue weighted by Crippen LogP contribution is 2.25. The number of amides is 2. The molecule has 0 bridgehead atoms. The Balaban J connectivity index is 1.48. The number of hydrogen-bond donors (Lipinski definition) is 4. The molecule has 1 atom stereocenters. The van der Waals surface area contributed by atoms with Crippen LogP contribution in [0.15, 0.2) is 72.8 Å². The minimum Gasteiger partial charge on any atom is -0.379 e. The Morgan fingerprint density at radius 1 is 0.944 bits per heavy atom. The van der Waals surface area contributed by atoms with E-state index in [9.17, 15) is 14.7 Å². The first-order valence-electron chi connectivity index (χ1n) is 12.2. The summed E-state index contributed by atoms with van der Waals surface area (Å²) in [5.41, 5.74) is 4.08. The summed E-state index contributed by atoms with van der Waals surface area (Å²) < 4.78 is 5.34. The van der Waals surface area contributed by atoms with Crippen molar-refractivity contribution in [2.45, 2.75) is 13.2 Å². The molecule has 1 heterocycles. The largest absolute Gasteiger partial charge is 0.379 e. The third kappa shape index (κ3) is 6.77. The molecule has 4 rings (SSSR count). The monoisotopic (exact) mass is 488 g/mol. The van der Waals surface area contributed by atoms with E-state index in [-0.39, 0.29) is 18.4 Å². The number of carbonyl (C=O) groups excluding carboxylic acids is 2. The van der Waals surface area contributed by atoms with Gasteiger partial charge < -0.3 is 20.5 Å². The molecular formula is C28H32N4O4. The van der Waals surface area contributed by atoms with E-state index in [1.807, 2.05) is 66.4 Å². The summed E-state index contributed by atoms with van der Waals surface area (Å²) in [7, 11) is 0. The van der Waals surface area contributed by atoms with Gasteiger partial charge in [-0.15, -0.1) is 0 Å². The smallest absolute Gasteiger partial charge is 0.255 e. The number of benzene rings is 3. The van der Waals surface area contributed by atoms with Crippen LogP contribution in [0.1, 0.15) is 29.1 Å². The topological polar surface area (TPSA) is 103 Å². The highest BCUT2D eigenvalue weighted by Gasteiger charge is 2.19. The van der Waals surface area contributed by atoms with Crippen LogP contribution in [0.3, 0.4) is 0 Å². The molecule has 0 aromatic heterocycles. The van der Waals surface area contributed by atoms with Crippen LogP contribution in [0, 0.1) is 0 Å². The van der Waals surface area contributed by atoms with Crippen LogP contribution >= 0.6 is 0 Å². The Morgan fingerprint density at radius 2 is 1.64 bits per heavy atom. The number of ether oxygens (including phenoxy) is 1. The van der Waals surface area contributed by atoms with Gasteiger partial charge in [0.2, 0.25) is 5.91 Å². The van der Waals surface area contributed by atoms with Crippen LogP contribution < -0.4 is 16.0 Å². The summed E-state index contributed by atoms with van der Waals surface area (Å²) in [6.07, 6.45) is -0.976. The molecule has 1 unspecified atom stereocenters. The maximum Gasteiger partial charge on any atom is 0.255 e. The molecule has 1 aliphatic heterocycles. The molecule has 3 aromatic rings. The van der Waals surface area contributed by atoms with Gasteiger partial charge in [-0.05, 0) is 41.9 Å². The molecule has 36 heavy (non-hydrogen) atoms. The SMILES string of the molecule is CCNC(O)c1ccc(C(=O)Nc2ccc(-c3ccccc3)cc2)cc1NC(=O)CN1CCOCC1. The summed E-state index contributed by atoms with van der Waals surface area (Å²) in [6, 6.07) is 22.5. The van der Waals surface area contributed by atoms with Gasteiger partial charge in [-0.2, -0.15) is 0 Å². The lowest BCUT2D eigenvalue weighted by Gasteiger charge is -2.26. The van der Waals surface area contributed by atoms with Crippen LogP contribution in [-0.2, 0) is 9.53 Å². The summed E-state index contributed by atoms with van der Waals surface area (Å²) in [6.45, 7) is 5.20. The van der Waals surface area contributed by atoms with Gasteiger partial charge >= 0.3 is 0 Å². The Labute approximate surface area is 211 Å². The Hall–Kier alpha value is -3.56. The fourth-order valence-corrected chi connectivity index (χ4v) is 4.08. The van der Waals surface area contributed by atoms with Crippen molar-refractivity contribution < 1.29 is 19.4 Å². The van der Waals surface area contributed by atoms with Gasteiger partial charge in [0.25, 0.3) is 5.91 Å². The van der Waals surface area contributed by atoms with E-state index in [4.69, 9.17) is 4.74 Å². The third-order valence-electron chi connectivity index (χ3n) is 6.00. The highest BCUT2D eigenvalue weighted by molar-refractivity contribution is 6.05. The van der Waals surface area contributed by atoms with Crippen LogP contribution in [0.25, 0.3) is 11.1 Å². The second-order valence-corrected chi connectivity index (χ2v) is 8.60. The number of anilines is 2. The van der Waals surface area contributed by atoms with Crippen LogP contribution in [0.5, 0.6) is 0 Å². The summed E-state index contributed by atoms with van der Waals surface area (Å²) in [5, 5.41) is 19.3. The molecule has 188 valence electrons. The second kappa shape index (κ2) is 12.4. The van der Waals surface area contributed by atoms with Gasteiger partial charge in [0.05, 0.1) is 19.8 Å². The van der Waals surface area contributed by atoms with E-state index in [1.54, 1.807) is 18.2 Å². The van der Waals surface area contributed by atoms with E-state index in [1.165, 1.54) is 0 Å². The summed E-state index contributed by atoms with van der Waals surface area (Å²) >= 11 is 0. The van der Waals surface area contributed by atoms with Crippen molar-refractivity contribution in [3.8, 4) is 11.1 Å². The molecule has 1 aliphatic rings. The van der Waals surface area contributed by atoms with Crippen molar-refractivity contribution in [1.82, 2.24) is 10.2 Å². The molecule has 0 aliphatic carbocycles. The molecule has 8 nitrogen and oxygen atoms in total. The average Bonchev–Trinajstić information content (AvgIpc) is 2.90. The quantitative estimate of drug-likeness (QED) is 0.344. The first-order chi connectivity index (χ1) is 17.5. The van der Waals surface area contributed by atoms with E-state index >= 15 is 0 Å². The van der Waals surface area contributed by atoms with Gasteiger partial charge in [-0.3, -0.25) is 19.8 Å². The number of rotatable bonds is 9.